The second kappa shape index (κ2) is 9.35. The Hall–Kier alpha value is -1.59. The van der Waals surface area contributed by atoms with E-state index in [1.807, 2.05) is 6.92 Å². The van der Waals surface area contributed by atoms with Crippen LogP contribution in [0.4, 0.5) is 0 Å². The van der Waals surface area contributed by atoms with Gasteiger partial charge in [0.15, 0.2) is 0 Å². The molecule has 0 aliphatic rings. The highest BCUT2D eigenvalue weighted by atomic mass is 16.6. The molecule has 0 aromatic rings. The Morgan fingerprint density at radius 1 is 1.00 bits per heavy atom. The van der Waals surface area contributed by atoms with Crippen LogP contribution >= 0.6 is 0 Å². The van der Waals surface area contributed by atoms with Crippen LogP contribution in [0.15, 0.2) is 0 Å². The van der Waals surface area contributed by atoms with E-state index in [1.165, 1.54) is 13.8 Å². The van der Waals surface area contributed by atoms with Gasteiger partial charge in [0, 0.05) is 13.8 Å². The van der Waals surface area contributed by atoms with Crippen molar-refractivity contribution in [1.29, 1.82) is 0 Å². The molecular weight excluding hydrogens is 252 g/mol. The minimum atomic E-state index is -1.20. The summed E-state index contributed by atoms with van der Waals surface area (Å²) in [6.07, 6.45) is 0.0447. The average molecular weight is 274 g/mol. The third-order valence-corrected chi connectivity index (χ3v) is 2.31. The molecule has 6 heteroatoms. The van der Waals surface area contributed by atoms with Gasteiger partial charge in [0.1, 0.15) is 6.10 Å². The largest absolute Gasteiger partial charge is 0.463 e. The van der Waals surface area contributed by atoms with Gasteiger partial charge in [-0.3, -0.25) is 9.59 Å². The normalized spacial score (nSPS) is 13.3. The fraction of sp³-hybridized carbons (Fsp3) is 0.769. The Morgan fingerprint density at radius 3 is 2.00 bits per heavy atom. The number of hydrogen-bond donors (Lipinski definition) is 0. The Labute approximate surface area is 113 Å². The quantitative estimate of drug-likeness (QED) is 0.494. The first-order valence-corrected chi connectivity index (χ1v) is 6.43. The summed E-state index contributed by atoms with van der Waals surface area (Å²) in [5.41, 5.74) is 0. The van der Waals surface area contributed by atoms with E-state index in [1.54, 1.807) is 6.92 Å². The lowest BCUT2D eigenvalue weighted by molar-refractivity contribution is -0.181. The summed E-state index contributed by atoms with van der Waals surface area (Å²) >= 11 is 0. The highest BCUT2D eigenvalue weighted by molar-refractivity contribution is 5.79. The molecule has 0 amide bonds. The van der Waals surface area contributed by atoms with Gasteiger partial charge >= 0.3 is 17.9 Å². The topological polar surface area (TPSA) is 78.9 Å². The van der Waals surface area contributed by atoms with Gasteiger partial charge in [0.05, 0.1) is 6.61 Å². The van der Waals surface area contributed by atoms with Gasteiger partial charge in [-0.15, -0.1) is 0 Å². The fourth-order valence-electron chi connectivity index (χ4n) is 1.57. The summed E-state index contributed by atoms with van der Waals surface area (Å²) in [5.74, 6) is -1.84. The van der Waals surface area contributed by atoms with E-state index in [4.69, 9.17) is 14.2 Å². The van der Waals surface area contributed by atoms with E-state index in [-0.39, 0.29) is 6.61 Å². The van der Waals surface area contributed by atoms with Gasteiger partial charge < -0.3 is 14.2 Å². The van der Waals surface area contributed by atoms with Gasteiger partial charge in [-0.1, -0.05) is 13.3 Å². The molecule has 0 N–H and O–H groups in total. The first-order chi connectivity index (χ1) is 8.92. The summed E-state index contributed by atoms with van der Waals surface area (Å²) in [6.45, 7) is 6.22. The Balaban J connectivity index is 4.91. The molecule has 0 saturated carbocycles. The number of hydrogen-bond acceptors (Lipinski definition) is 6. The van der Waals surface area contributed by atoms with E-state index in [0.717, 1.165) is 12.8 Å². The summed E-state index contributed by atoms with van der Waals surface area (Å²) in [7, 11) is 0. The third kappa shape index (κ3) is 7.43. The molecule has 0 aliphatic carbocycles. The number of rotatable bonds is 8. The number of carbonyl (C=O) groups excluding carboxylic acids is 3. The number of carbonyl (C=O) groups is 3. The maximum Gasteiger partial charge on any atom is 0.351 e. The van der Waals surface area contributed by atoms with Crippen LogP contribution in [0.25, 0.3) is 0 Å². The molecular formula is C13H22O6. The molecule has 0 aromatic heterocycles. The Bertz CT molecular complexity index is 312. The van der Waals surface area contributed by atoms with Gasteiger partial charge in [-0.05, 0) is 19.8 Å². The smallest absolute Gasteiger partial charge is 0.351 e. The molecule has 0 unspecified atom stereocenters. The summed E-state index contributed by atoms with van der Waals surface area (Å²) in [5, 5.41) is 0. The van der Waals surface area contributed by atoms with E-state index in [2.05, 4.69) is 0 Å². The lowest BCUT2D eigenvalue weighted by Gasteiger charge is -2.24. The molecule has 0 saturated heterocycles. The van der Waals surface area contributed by atoms with Crippen LogP contribution in [-0.4, -0.2) is 36.7 Å². The van der Waals surface area contributed by atoms with Crippen molar-refractivity contribution in [2.75, 3.05) is 6.61 Å². The van der Waals surface area contributed by atoms with Crippen molar-refractivity contribution in [1.82, 2.24) is 0 Å². The Kier molecular flexibility index (Phi) is 8.57. The maximum absolute atomic E-state index is 11.8. The van der Waals surface area contributed by atoms with Gasteiger partial charge in [-0.25, -0.2) is 4.79 Å². The molecule has 0 heterocycles. The molecule has 0 spiro atoms. The van der Waals surface area contributed by atoms with Crippen molar-refractivity contribution in [3.8, 4) is 0 Å². The molecule has 6 nitrogen and oxygen atoms in total. The summed E-state index contributed by atoms with van der Waals surface area (Å²) in [6, 6.07) is 0. The minimum Gasteiger partial charge on any atom is -0.463 e. The molecule has 0 aliphatic heterocycles. The lowest BCUT2D eigenvalue weighted by Crippen LogP contribution is -2.41. The lowest BCUT2D eigenvalue weighted by atomic mass is 10.1. The van der Waals surface area contributed by atoms with Crippen LogP contribution in [0.2, 0.25) is 0 Å². The molecule has 110 valence electrons. The highest BCUT2D eigenvalue weighted by Crippen LogP contribution is 2.15. The zero-order valence-corrected chi connectivity index (χ0v) is 11.9. The molecule has 0 radical (unpaired) electrons. The molecule has 0 rings (SSSR count). The van der Waals surface area contributed by atoms with E-state index >= 15 is 0 Å². The van der Waals surface area contributed by atoms with Crippen LogP contribution in [0.1, 0.15) is 47.0 Å². The van der Waals surface area contributed by atoms with Crippen LogP contribution in [0.3, 0.4) is 0 Å². The predicted molar refractivity (Wildman–Crippen MR) is 67.3 cm³/mol. The second-order valence-corrected chi connectivity index (χ2v) is 4.07. The number of ether oxygens (including phenoxy) is 3. The van der Waals surface area contributed by atoms with Crippen molar-refractivity contribution in [2.24, 2.45) is 0 Å². The zero-order valence-electron chi connectivity index (χ0n) is 11.9. The van der Waals surface area contributed by atoms with E-state index < -0.39 is 30.1 Å². The van der Waals surface area contributed by atoms with Crippen molar-refractivity contribution < 1.29 is 28.6 Å². The van der Waals surface area contributed by atoms with Crippen molar-refractivity contribution in [3.05, 3.63) is 0 Å². The molecule has 2 atom stereocenters. The number of unbranched alkanes of at least 4 members (excludes halogenated alkanes) is 1. The SMILES string of the molecule is CCCC[C@H](OC(C)=O)[C@@H](OC(C)=O)C(=O)OCC. The standard InChI is InChI=1S/C13H22O6/c1-5-7-8-11(18-9(3)14)12(19-10(4)15)13(16)17-6-2/h11-12H,5-8H2,1-4H3/t11-,12+/m0/s1. The molecule has 0 bridgehead atoms. The Morgan fingerprint density at radius 2 is 1.58 bits per heavy atom. The van der Waals surface area contributed by atoms with Gasteiger partial charge in [0.2, 0.25) is 6.10 Å². The second-order valence-electron chi connectivity index (χ2n) is 4.07. The zero-order chi connectivity index (χ0) is 14.8. The summed E-state index contributed by atoms with van der Waals surface area (Å²) < 4.78 is 14.8. The first-order valence-electron chi connectivity index (χ1n) is 6.43. The average Bonchev–Trinajstić information content (AvgIpc) is 2.31. The van der Waals surface area contributed by atoms with E-state index in [9.17, 15) is 14.4 Å². The third-order valence-electron chi connectivity index (χ3n) is 2.31. The number of esters is 3. The van der Waals surface area contributed by atoms with Crippen LogP contribution in [0, 0.1) is 0 Å². The van der Waals surface area contributed by atoms with Crippen molar-refractivity contribution in [2.45, 2.75) is 59.2 Å². The molecule has 0 aromatic carbocycles. The predicted octanol–water partition coefficient (Wildman–Crippen LogP) is 1.60. The van der Waals surface area contributed by atoms with Gasteiger partial charge in [-0.2, -0.15) is 0 Å². The van der Waals surface area contributed by atoms with Crippen LogP contribution in [0.5, 0.6) is 0 Å². The van der Waals surface area contributed by atoms with E-state index in [0.29, 0.717) is 6.42 Å². The van der Waals surface area contributed by atoms with Crippen LogP contribution < -0.4 is 0 Å². The molecule has 0 fully saturated rings. The molecule has 19 heavy (non-hydrogen) atoms. The first kappa shape index (κ1) is 17.4. The maximum atomic E-state index is 11.8. The minimum absolute atomic E-state index is 0.164. The monoisotopic (exact) mass is 274 g/mol. The van der Waals surface area contributed by atoms with Gasteiger partial charge in [0.25, 0.3) is 0 Å². The van der Waals surface area contributed by atoms with Crippen molar-refractivity contribution in [3.63, 3.8) is 0 Å². The van der Waals surface area contributed by atoms with Crippen LogP contribution in [-0.2, 0) is 28.6 Å². The fourth-order valence-corrected chi connectivity index (χ4v) is 1.57. The highest BCUT2D eigenvalue weighted by Gasteiger charge is 2.34. The summed E-state index contributed by atoms with van der Waals surface area (Å²) in [4.78, 5) is 33.9. The van der Waals surface area contributed by atoms with Crippen molar-refractivity contribution >= 4 is 17.9 Å².